The molecule has 1 aromatic heterocycles. The Morgan fingerprint density at radius 1 is 1.18 bits per heavy atom. The van der Waals surface area contributed by atoms with Crippen LogP contribution >= 0.6 is 12.2 Å². The molecule has 0 saturated heterocycles. The second-order valence-electron chi connectivity index (χ2n) is 3.97. The number of nitrogens with one attached hydrogen (secondary N) is 1. The first-order chi connectivity index (χ1) is 8.11. The molecule has 0 atom stereocenters. The third kappa shape index (κ3) is 2.36. The Bertz CT molecular complexity index is 605. The van der Waals surface area contributed by atoms with E-state index in [2.05, 4.69) is 23.2 Å². The summed E-state index contributed by atoms with van der Waals surface area (Å²) in [5, 5.41) is 6.75. The Kier molecular flexibility index (Phi) is 3.24. The first-order valence-electron chi connectivity index (χ1n) is 5.32. The minimum atomic E-state index is 0.635. The van der Waals surface area contributed by atoms with Crippen molar-refractivity contribution in [1.29, 1.82) is 0 Å². The van der Waals surface area contributed by atoms with Crippen molar-refractivity contribution in [2.75, 3.05) is 7.11 Å². The Hall–Kier alpha value is -1.68. The molecular formula is C13H14N2OS. The number of aromatic nitrogens is 2. The Balaban J connectivity index is 2.60. The highest BCUT2D eigenvalue weighted by Gasteiger charge is 2.07. The molecular weight excluding hydrogens is 232 g/mol. The van der Waals surface area contributed by atoms with Crippen molar-refractivity contribution in [2.45, 2.75) is 13.8 Å². The summed E-state index contributed by atoms with van der Waals surface area (Å²) in [7, 11) is 1.68. The second kappa shape index (κ2) is 4.67. The summed E-state index contributed by atoms with van der Waals surface area (Å²) in [4.78, 5) is 0. The molecule has 0 fully saturated rings. The van der Waals surface area contributed by atoms with E-state index < -0.39 is 0 Å². The van der Waals surface area contributed by atoms with Gasteiger partial charge >= 0.3 is 0 Å². The maximum atomic E-state index is 5.30. The maximum Gasteiger partial charge on any atom is 0.122 e. The molecule has 0 spiro atoms. The Morgan fingerprint density at radius 3 is 2.59 bits per heavy atom. The summed E-state index contributed by atoms with van der Waals surface area (Å²) in [5.41, 5.74) is 4.41. The first-order valence-corrected chi connectivity index (χ1v) is 5.73. The number of hydrogen-bond donors (Lipinski definition) is 1. The van der Waals surface area contributed by atoms with Crippen molar-refractivity contribution in [3.63, 3.8) is 0 Å². The van der Waals surface area contributed by atoms with Crippen LogP contribution in [-0.2, 0) is 0 Å². The lowest BCUT2D eigenvalue weighted by Gasteiger charge is -2.11. The number of methoxy groups -OCH3 is 1. The molecule has 0 aliphatic heterocycles. The lowest BCUT2D eigenvalue weighted by molar-refractivity contribution is 0.411. The molecule has 1 aromatic carbocycles. The number of aromatic amines is 1. The van der Waals surface area contributed by atoms with Gasteiger partial charge in [0.25, 0.3) is 0 Å². The molecule has 1 heterocycles. The number of rotatable bonds is 2. The molecule has 0 bridgehead atoms. The minimum absolute atomic E-state index is 0.635. The molecule has 88 valence electrons. The summed E-state index contributed by atoms with van der Waals surface area (Å²) in [6, 6.07) is 6.04. The average Bonchev–Trinajstić information content (AvgIpc) is 2.31. The largest absolute Gasteiger partial charge is 0.496 e. The third-order valence-electron chi connectivity index (χ3n) is 2.72. The summed E-state index contributed by atoms with van der Waals surface area (Å²) >= 11 is 5.08. The Morgan fingerprint density at radius 2 is 1.94 bits per heavy atom. The van der Waals surface area contributed by atoms with Crippen LogP contribution in [0.25, 0.3) is 11.1 Å². The van der Waals surface area contributed by atoms with E-state index in [4.69, 9.17) is 17.0 Å². The fraction of sp³-hybridized carbons (Fsp3) is 0.231. The fourth-order valence-electron chi connectivity index (χ4n) is 1.84. The van der Waals surface area contributed by atoms with Gasteiger partial charge in [-0.05, 0) is 48.7 Å². The molecule has 1 N–H and O–H groups in total. The number of hydrogen-bond acceptors (Lipinski definition) is 3. The summed E-state index contributed by atoms with van der Waals surface area (Å²) in [6.07, 6.45) is 1.78. The standard InChI is InChI=1S/C13H14N2OS/c1-8-5-12(16-3)9(2)4-11(8)10-6-13(17)15-14-7-10/h4-7H,1-3H3,(H,15,17). The minimum Gasteiger partial charge on any atom is -0.496 e. The van der Waals surface area contributed by atoms with Crippen molar-refractivity contribution in [1.82, 2.24) is 10.2 Å². The molecule has 3 nitrogen and oxygen atoms in total. The molecule has 4 heteroatoms. The molecule has 0 amide bonds. The zero-order chi connectivity index (χ0) is 12.4. The number of ether oxygens (including phenoxy) is 1. The van der Waals surface area contributed by atoms with Crippen LogP contribution < -0.4 is 4.74 Å². The normalized spacial score (nSPS) is 10.3. The molecule has 2 rings (SSSR count). The van der Waals surface area contributed by atoms with Crippen LogP contribution in [0.2, 0.25) is 0 Å². The van der Waals surface area contributed by atoms with Crippen LogP contribution in [0, 0.1) is 18.5 Å². The van der Waals surface area contributed by atoms with E-state index in [9.17, 15) is 0 Å². The zero-order valence-corrected chi connectivity index (χ0v) is 10.9. The van der Waals surface area contributed by atoms with Gasteiger partial charge in [0, 0.05) is 5.56 Å². The quantitative estimate of drug-likeness (QED) is 0.825. The van der Waals surface area contributed by atoms with Crippen LogP contribution in [-0.4, -0.2) is 17.3 Å². The SMILES string of the molecule is COc1cc(C)c(-c2cn[nH]c(=S)c2)cc1C. The summed E-state index contributed by atoms with van der Waals surface area (Å²) in [6.45, 7) is 4.08. The van der Waals surface area contributed by atoms with Crippen molar-refractivity contribution in [2.24, 2.45) is 0 Å². The monoisotopic (exact) mass is 246 g/mol. The van der Waals surface area contributed by atoms with Crippen LogP contribution in [0.1, 0.15) is 11.1 Å². The lowest BCUT2D eigenvalue weighted by atomic mass is 9.99. The van der Waals surface area contributed by atoms with Gasteiger partial charge in [0.05, 0.1) is 13.3 Å². The zero-order valence-electron chi connectivity index (χ0n) is 10.1. The Labute approximate surface area is 105 Å². The highest BCUT2D eigenvalue weighted by Crippen LogP contribution is 2.29. The first kappa shape index (κ1) is 11.8. The molecule has 0 saturated carbocycles. The molecule has 2 aromatic rings. The van der Waals surface area contributed by atoms with Gasteiger partial charge in [-0.3, -0.25) is 5.10 Å². The van der Waals surface area contributed by atoms with Gasteiger partial charge in [-0.1, -0.05) is 12.2 Å². The van der Waals surface area contributed by atoms with E-state index in [0.717, 1.165) is 28.0 Å². The van der Waals surface area contributed by atoms with Crippen LogP contribution in [0.4, 0.5) is 0 Å². The van der Waals surface area contributed by atoms with Gasteiger partial charge in [0.15, 0.2) is 0 Å². The molecule has 0 aliphatic carbocycles. The van der Waals surface area contributed by atoms with Crippen LogP contribution in [0.5, 0.6) is 5.75 Å². The van der Waals surface area contributed by atoms with Crippen molar-refractivity contribution in [3.05, 3.63) is 40.2 Å². The van der Waals surface area contributed by atoms with Crippen molar-refractivity contribution >= 4 is 12.2 Å². The van der Waals surface area contributed by atoms with Gasteiger partial charge in [-0.25, -0.2) is 0 Å². The number of nitrogens with zero attached hydrogens (tertiary/aromatic N) is 1. The lowest BCUT2D eigenvalue weighted by Crippen LogP contribution is -1.92. The molecule has 0 radical (unpaired) electrons. The van der Waals surface area contributed by atoms with Gasteiger partial charge in [-0.15, -0.1) is 0 Å². The number of benzene rings is 1. The van der Waals surface area contributed by atoms with E-state index in [0.29, 0.717) is 4.64 Å². The summed E-state index contributed by atoms with van der Waals surface area (Å²) < 4.78 is 5.93. The highest BCUT2D eigenvalue weighted by molar-refractivity contribution is 7.71. The predicted octanol–water partition coefficient (Wildman–Crippen LogP) is 3.43. The average molecular weight is 246 g/mol. The topological polar surface area (TPSA) is 37.9 Å². The van der Waals surface area contributed by atoms with E-state index >= 15 is 0 Å². The smallest absolute Gasteiger partial charge is 0.122 e. The van der Waals surface area contributed by atoms with Crippen LogP contribution in [0.3, 0.4) is 0 Å². The van der Waals surface area contributed by atoms with E-state index in [1.165, 1.54) is 0 Å². The molecule has 0 aliphatic rings. The molecule has 17 heavy (non-hydrogen) atoms. The van der Waals surface area contributed by atoms with Crippen molar-refractivity contribution in [3.8, 4) is 16.9 Å². The third-order valence-corrected chi connectivity index (χ3v) is 2.93. The van der Waals surface area contributed by atoms with E-state index in [1.54, 1.807) is 13.3 Å². The van der Waals surface area contributed by atoms with Gasteiger partial charge < -0.3 is 4.74 Å². The van der Waals surface area contributed by atoms with Crippen LogP contribution in [0.15, 0.2) is 24.4 Å². The van der Waals surface area contributed by atoms with E-state index in [1.807, 2.05) is 19.1 Å². The van der Waals surface area contributed by atoms with Gasteiger partial charge in [-0.2, -0.15) is 5.10 Å². The van der Waals surface area contributed by atoms with Gasteiger partial charge in [0.1, 0.15) is 10.4 Å². The molecule has 0 unspecified atom stereocenters. The van der Waals surface area contributed by atoms with Gasteiger partial charge in [0.2, 0.25) is 0 Å². The van der Waals surface area contributed by atoms with E-state index in [-0.39, 0.29) is 0 Å². The van der Waals surface area contributed by atoms with Crippen molar-refractivity contribution < 1.29 is 4.74 Å². The second-order valence-corrected chi connectivity index (χ2v) is 4.41. The number of H-pyrrole nitrogens is 1. The highest BCUT2D eigenvalue weighted by atomic mass is 32.1. The fourth-order valence-corrected chi connectivity index (χ4v) is 2.02. The predicted molar refractivity (Wildman–Crippen MR) is 70.9 cm³/mol. The summed E-state index contributed by atoms with van der Waals surface area (Å²) in [5.74, 6) is 0.903. The maximum absolute atomic E-state index is 5.30. The number of aryl methyl sites for hydroxylation is 2.